The van der Waals surface area contributed by atoms with Crippen LogP contribution in [0.1, 0.15) is 60.5 Å². The molecule has 37 heavy (non-hydrogen) atoms. The van der Waals surface area contributed by atoms with Crippen LogP contribution in [-0.4, -0.2) is 69.4 Å². The molecule has 5 aliphatic rings. The third-order valence-corrected chi connectivity index (χ3v) is 8.42. The first kappa shape index (κ1) is 23.9. The summed E-state index contributed by atoms with van der Waals surface area (Å²) < 4.78 is 5.28. The quantitative estimate of drug-likeness (QED) is 0.488. The molecule has 7 rings (SSSR count). The van der Waals surface area contributed by atoms with Crippen molar-refractivity contribution < 1.29 is 14.0 Å². The molecule has 10 heteroatoms. The number of aromatic nitrogens is 2. The summed E-state index contributed by atoms with van der Waals surface area (Å²) in [7, 11) is 0. The molecule has 10 nitrogen and oxygen atoms in total. The Morgan fingerprint density at radius 1 is 0.973 bits per heavy atom. The number of rotatable bonds is 3. The van der Waals surface area contributed by atoms with E-state index in [2.05, 4.69) is 25.6 Å². The van der Waals surface area contributed by atoms with Gasteiger partial charge in [-0.05, 0) is 88.3 Å². The fraction of sp³-hybridized carbons (Fsp3) is 0.593. The van der Waals surface area contributed by atoms with Crippen LogP contribution in [0.2, 0.25) is 0 Å². The van der Waals surface area contributed by atoms with E-state index >= 15 is 0 Å². The van der Waals surface area contributed by atoms with Gasteiger partial charge < -0.3 is 19.5 Å². The topological polar surface area (TPSA) is 116 Å². The highest BCUT2D eigenvalue weighted by Crippen LogP contribution is 2.55. The van der Waals surface area contributed by atoms with Crippen molar-refractivity contribution in [3.63, 3.8) is 0 Å². The van der Waals surface area contributed by atoms with Crippen molar-refractivity contribution in [2.24, 2.45) is 22.7 Å². The first-order valence-corrected chi connectivity index (χ1v) is 13.4. The number of nitrogens with one attached hydrogen (secondary N) is 2. The number of carbonyl (C=O) groups is 2. The summed E-state index contributed by atoms with van der Waals surface area (Å²) in [5.74, 6) is 3.15. The lowest BCUT2D eigenvalue weighted by Crippen LogP contribution is -2.63. The van der Waals surface area contributed by atoms with Gasteiger partial charge in [-0.25, -0.2) is 14.8 Å². The molecule has 2 aromatic rings. The van der Waals surface area contributed by atoms with Gasteiger partial charge in [0.15, 0.2) is 5.76 Å². The summed E-state index contributed by atoms with van der Waals surface area (Å²) >= 11 is 0. The zero-order chi connectivity index (χ0) is 25.6. The lowest BCUT2D eigenvalue weighted by atomic mass is 9.53. The highest BCUT2D eigenvalue weighted by Gasteiger charge is 2.51. The Bertz CT molecular complexity index is 1150. The molecule has 196 valence electrons. The van der Waals surface area contributed by atoms with E-state index in [0.29, 0.717) is 43.8 Å². The molecule has 4 saturated carbocycles. The van der Waals surface area contributed by atoms with Crippen LogP contribution >= 0.6 is 0 Å². The maximum absolute atomic E-state index is 13.4. The number of furan rings is 1. The van der Waals surface area contributed by atoms with E-state index in [9.17, 15) is 9.59 Å². The van der Waals surface area contributed by atoms with Gasteiger partial charge >= 0.3 is 6.03 Å². The van der Waals surface area contributed by atoms with Crippen LogP contribution in [0, 0.1) is 31.6 Å². The van der Waals surface area contributed by atoms with Crippen molar-refractivity contribution in [3.05, 3.63) is 41.6 Å². The third kappa shape index (κ3) is 5.06. The number of hydrogen-bond acceptors (Lipinski definition) is 6. The monoisotopic (exact) mass is 505 g/mol. The summed E-state index contributed by atoms with van der Waals surface area (Å²) in [5.41, 5.74) is 1.53. The van der Waals surface area contributed by atoms with Gasteiger partial charge in [-0.3, -0.25) is 10.1 Å². The van der Waals surface area contributed by atoms with Crippen molar-refractivity contribution in [1.29, 1.82) is 0 Å². The predicted octanol–water partition coefficient (Wildman–Crippen LogP) is 3.40. The lowest BCUT2D eigenvalue weighted by molar-refractivity contribution is -0.0133. The smallest absolute Gasteiger partial charge is 0.321 e. The molecule has 3 amide bonds. The average Bonchev–Trinajstić information content (AvgIpc) is 3.36. The Labute approximate surface area is 216 Å². The highest BCUT2D eigenvalue weighted by molar-refractivity contribution is 5.97. The van der Waals surface area contributed by atoms with Gasteiger partial charge in [0.2, 0.25) is 5.96 Å². The fourth-order valence-electron chi connectivity index (χ4n) is 7.34. The van der Waals surface area contributed by atoms with E-state index in [1.54, 1.807) is 17.0 Å². The predicted molar refractivity (Wildman–Crippen MR) is 137 cm³/mol. The third-order valence-electron chi connectivity index (χ3n) is 8.42. The van der Waals surface area contributed by atoms with Crippen molar-refractivity contribution in [3.8, 4) is 0 Å². The van der Waals surface area contributed by atoms with Crippen LogP contribution < -0.4 is 10.6 Å². The van der Waals surface area contributed by atoms with E-state index in [1.807, 2.05) is 24.8 Å². The largest absolute Gasteiger partial charge is 0.459 e. The molecule has 0 spiro atoms. The average molecular weight is 506 g/mol. The van der Waals surface area contributed by atoms with Gasteiger partial charge in [-0.15, -0.1) is 0 Å². The summed E-state index contributed by atoms with van der Waals surface area (Å²) in [4.78, 5) is 43.5. The summed E-state index contributed by atoms with van der Waals surface area (Å²) in [5, 5.41) is 6.42. The molecule has 2 aromatic heterocycles. The summed E-state index contributed by atoms with van der Waals surface area (Å²) in [6.07, 6.45) is 8.69. The van der Waals surface area contributed by atoms with Crippen LogP contribution in [0.3, 0.4) is 0 Å². The zero-order valence-electron chi connectivity index (χ0n) is 21.6. The second-order valence-corrected chi connectivity index (χ2v) is 11.4. The molecular formula is C27H35N7O3. The molecular weight excluding hydrogens is 470 g/mol. The highest BCUT2D eigenvalue weighted by atomic mass is 16.3. The van der Waals surface area contributed by atoms with Gasteiger partial charge in [0.05, 0.1) is 6.26 Å². The number of hydrogen-bond donors (Lipinski definition) is 2. The molecule has 0 unspecified atom stereocenters. The Kier molecular flexibility index (Phi) is 6.12. The molecule has 4 bridgehead atoms. The van der Waals surface area contributed by atoms with Gasteiger partial charge in [0, 0.05) is 43.1 Å². The molecule has 0 aromatic carbocycles. The standard InChI is InChI=1S/C27H35N7O3/c1-17-10-18(2)29-24(28-17)30-25(34-7-5-33(6-8-34)23(35)22-4-3-9-37-22)31-26(36)32-27-14-19-11-20(15-27)13-21(12-19)16-27/h3-4,9-10,19-21H,5-8,11-16H2,1-2H3,(H2,28,29,30,31,32,36). The minimum atomic E-state index is -0.223. The zero-order valence-corrected chi connectivity index (χ0v) is 21.6. The number of guanidine groups is 1. The molecule has 2 N–H and O–H groups in total. The Hall–Kier alpha value is -3.43. The number of amides is 3. The number of carbonyl (C=O) groups excluding carboxylic acids is 2. The van der Waals surface area contributed by atoms with E-state index in [0.717, 1.165) is 48.4 Å². The van der Waals surface area contributed by atoms with E-state index < -0.39 is 0 Å². The molecule has 5 fully saturated rings. The number of aliphatic imine (C=N–C) groups is 1. The Morgan fingerprint density at radius 2 is 1.57 bits per heavy atom. The molecule has 0 atom stereocenters. The normalized spacial score (nSPS) is 28.9. The van der Waals surface area contributed by atoms with Gasteiger partial charge in [-0.1, -0.05) is 0 Å². The van der Waals surface area contributed by atoms with E-state index in [-0.39, 0.29) is 17.5 Å². The minimum Gasteiger partial charge on any atom is -0.459 e. The molecule has 1 aliphatic heterocycles. The second-order valence-electron chi connectivity index (χ2n) is 11.4. The SMILES string of the molecule is Cc1cc(C)nc(/N=C(/NC(=O)NC23CC4CC(CC(C4)C2)C3)N2CCN(C(=O)c3ccco3)CC2)n1. The van der Waals surface area contributed by atoms with E-state index in [1.165, 1.54) is 25.5 Å². The first-order chi connectivity index (χ1) is 17.8. The van der Waals surface area contributed by atoms with Crippen LogP contribution in [0.25, 0.3) is 0 Å². The maximum atomic E-state index is 13.4. The van der Waals surface area contributed by atoms with Gasteiger partial charge in [0.25, 0.3) is 11.9 Å². The van der Waals surface area contributed by atoms with Crippen LogP contribution in [0.5, 0.6) is 0 Å². The van der Waals surface area contributed by atoms with Crippen molar-refractivity contribution in [2.75, 3.05) is 26.2 Å². The Morgan fingerprint density at radius 3 is 2.14 bits per heavy atom. The molecule has 1 saturated heterocycles. The number of aryl methyl sites for hydroxylation is 2. The molecule has 0 radical (unpaired) electrons. The van der Waals surface area contributed by atoms with Crippen LogP contribution in [-0.2, 0) is 0 Å². The molecule has 4 aliphatic carbocycles. The lowest BCUT2D eigenvalue weighted by Gasteiger charge is -2.56. The van der Waals surface area contributed by atoms with Crippen molar-refractivity contribution in [1.82, 2.24) is 30.4 Å². The number of piperazine rings is 1. The number of urea groups is 1. The van der Waals surface area contributed by atoms with Crippen LogP contribution in [0.4, 0.5) is 10.7 Å². The summed E-state index contributed by atoms with van der Waals surface area (Å²) in [6, 6.07) is 5.06. The maximum Gasteiger partial charge on any atom is 0.321 e. The summed E-state index contributed by atoms with van der Waals surface area (Å²) in [6.45, 7) is 5.83. The number of nitrogens with zero attached hydrogens (tertiary/aromatic N) is 5. The second kappa shape index (κ2) is 9.46. The van der Waals surface area contributed by atoms with Gasteiger partial charge in [0.1, 0.15) is 0 Å². The van der Waals surface area contributed by atoms with E-state index in [4.69, 9.17) is 4.42 Å². The first-order valence-electron chi connectivity index (χ1n) is 13.4. The van der Waals surface area contributed by atoms with Gasteiger partial charge in [-0.2, -0.15) is 4.99 Å². The van der Waals surface area contributed by atoms with Crippen LogP contribution in [0.15, 0.2) is 33.9 Å². The molecule has 3 heterocycles. The Balaban J connectivity index is 1.18. The minimum absolute atomic E-state index is 0.103. The van der Waals surface area contributed by atoms with Crippen molar-refractivity contribution >= 4 is 23.8 Å². The fourth-order valence-corrected chi connectivity index (χ4v) is 7.34. The van der Waals surface area contributed by atoms with Crippen molar-refractivity contribution in [2.45, 2.75) is 57.9 Å².